The first-order valence-corrected chi connectivity index (χ1v) is 6.69. The maximum Gasteiger partial charge on any atom is 0.330 e. The third kappa shape index (κ3) is 3.68. The topological polar surface area (TPSA) is 83.8 Å². The van der Waals surface area contributed by atoms with Crippen molar-refractivity contribution in [2.75, 3.05) is 13.7 Å². The molecule has 0 amide bonds. The quantitative estimate of drug-likeness (QED) is 0.464. The maximum atomic E-state index is 11.7. The van der Waals surface area contributed by atoms with Crippen LogP contribution in [0.1, 0.15) is 27.2 Å². The molecule has 1 atom stereocenters. The fourth-order valence-corrected chi connectivity index (χ4v) is 2.40. The van der Waals surface area contributed by atoms with E-state index in [1.807, 2.05) is 0 Å². The summed E-state index contributed by atoms with van der Waals surface area (Å²) in [5.41, 5.74) is -1.34. The summed E-state index contributed by atoms with van der Waals surface area (Å²) < 4.78 is 4.53. The van der Waals surface area contributed by atoms with Crippen molar-refractivity contribution in [2.45, 2.75) is 32.8 Å². The van der Waals surface area contributed by atoms with Gasteiger partial charge in [0.25, 0.3) is 0 Å². The summed E-state index contributed by atoms with van der Waals surface area (Å²) in [5.74, 6) is -0.607. The molecule has 0 fully saturated rings. The third-order valence-electron chi connectivity index (χ3n) is 3.78. The van der Waals surface area contributed by atoms with Gasteiger partial charge in [-0.05, 0) is 30.2 Å². The number of ether oxygens (including phenoxy) is 1. The molecule has 1 rings (SSSR count). The minimum absolute atomic E-state index is 0.121. The van der Waals surface area contributed by atoms with E-state index in [2.05, 4.69) is 4.74 Å². The Kier molecular flexibility index (Phi) is 5.25. The van der Waals surface area contributed by atoms with Crippen LogP contribution in [0.2, 0.25) is 0 Å². The van der Waals surface area contributed by atoms with Crippen LogP contribution in [0.3, 0.4) is 0 Å². The summed E-state index contributed by atoms with van der Waals surface area (Å²) in [5, 5.41) is 20.3. The zero-order chi connectivity index (χ0) is 16.3. The van der Waals surface area contributed by atoms with Crippen LogP contribution in [0.5, 0.6) is 0 Å². The Labute approximate surface area is 124 Å². The van der Waals surface area contributed by atoms with E-state index in [0.29, 0.717) is 5.57 Å². The van der Waals surface area contributed by atoms with E-state index in [-0.39, 0.29) is 17.8 Å². The molecule has 2 N–H and O–H groups in total. The molecule has 116 valence electrons. The van der Waals surface area contributed by atoms with Gasteiger partial charge in [0.05, 0.1) is 13.7 Å². The Morgan fingerprint density at radius 2 is 2.10 bits per heavy atom. The van der Waals surface area contributed by atoms with Crippen molar-refractivity contribution in [3.8, 4) is 0 Å². The number of rotatable bonds is 4. The fraction of sp³-hybridized carbons (Fsp3) is 0.500. The number of allylic oxidation sites excluding steroid dienone is 3. The smallest absolute Gasteiger partial charge is 0.330 e. The second-order valence-electron chi connectivity index (χ2n) is 5.87. The number of carbonyl (C=O) groups is 2. The van der Waals surface area contributed by atoms with Gasteiger partial charge in [-0.15, -0.1) is 0 Å². The molecule has 0 aliphatic heterocycles. The molecule has 0 aromatic carbocycles. The molecular formula is C16H22O5. The predicted octanol–water partition coefficient (Wildman–Crippen LogP) is 1.31. The van der Waals surface area contributed by atoms with Gasteiger partial charge in [-0.2, -0.15) is 0 Å². The van der Waals surface area contributed by atoms with Crippen LogP contribution in [0.25, 0.3) is 0 Å². The molecule has 0 saturated heterocycles. The van der Waals surface area contributed by atoms with Gasteiger partial charge in [0.15, 0.2) is 5.78 Å². The minimum Gasteiger partial charge on any atom is -0.466 e. The van der Waals surface area contributed by atoms with Crippen LogP contribution in [0, 0.1) is 5.41 Å². The third-order valence-corrected chi connectivity index (χ3v) is 3.78. The SMILES string of the molecule is COC(=O)/C=C(C)\C=C\[C@]1(O)C(CO)=CC(=O)CC1(C)C. The van der Waals surface area contributed by atoms with Gasteiger partial charge in [0.1, 0.15) is 5.60 Å². The van der Waals surface area contributed by atoms with E-state index >= 15 is 0 Å². The Morgan fingerprint density at radius 3 is 2.62 bits per heavy atom. The van der Waals surface area contributed by atoms with Crippen molar-refractivity contribution in [1.82, 2.24) is 0 Å². The highest BCUT2D eigenvalue weighted by Gasteiger charge is 2.47. The largest absolute Gasteiger partial charge is 0.466 e. The van der Waals surface area contributed by atoms with E-state index in [0.717, 1.165) is 0 Å². The van der Waals surface area contributed by atoms with Crippen molar-refractivity contribution in [2.24, 2.45) is 5.41 Å². The Balaban J connectivity index is 3.17. The number of methoxy groups -OCH3 is 1. The summed E-state index contributed by atoms with van der Waals surface area (Å²) in [4.78, 5) is 22.8. The van der Waals surface area contributed by atoms with E-state index in [9.17, 15) is 19.8 Å². The Hall–Kier alpha value is -1.72. The van der Waals surface area contributed by atoms with Crippen LogP contribution in [0.15, 0.2) is 35.5 Å². The van der Waals surface area contributed by atoms with Gasteiger partial charge in [-0.1, -0.05) is 19.9 Å². The molecule has 0 spiro atoms. The molecule has 1 aliphatic rings. The standard InChI is InChI=1S/C16H22O5/c1-11(7-14(19)21-4)5-6-16(20)12(10-17)8-13(18)9-15(16,2)3/h5-8,17,20H,9-10H2,1-4H3/b6-5+,11-7-/t16-/m0/s1. The van der Waals surface area contributed by atoms with E-state index in [4.69, 9.17) is 0 Å². The monoisotopic (exact) mass is 294 g/mol. The number of aliphatic hydroxyl groups excluding tert-OH is 1. The maximum absolute atomic E-state index is 11.7. The molecule has 21 heavy (non-hydrogen) atoms. The molecule has 0 bridgehead atoms. The number of ketones is 1. The fourth-order valence-electron chi connectivity index (χ4n) is 2.40. The highest BCUT2D eigenvalue weighted by Crippen LogP contribution is 2.44. The first kappa shape index (κ1) is 17.3. The van der Waals surface area contributed by atoms with Gasteiger partial charge < -0.3 is 14.9 Å². The number of carbonyl (C=O) groups excluding carboxylic acids is 2. The molecule has 5 heteroatoms. The predicted molar refractivity (Wildman–Crippen MR) is 78.4 cm³/mol. The van der Waals surface area contributed by atoms with Crippen molar-refractivity contribution in [3.63, 3.8) is 0 Å². The molecule has 0 heterocycles. The number of aliphatic hydroxyl groups is 2. The lowest BCUT2D eigenvalue weighted by Crippen LogP contribution is -2.49. The summed E-state index contributed by atoms with van der Waals surface area (Å²) >= 11 is 0. The van der Waals surface area contributed by atoms with Gasteiger partial charge in [0, 0.05) is 17.9 Å². The number of hydrogen-bond acceptors (Lipinski definition) is 5. The second-order valence-corrected chi connectivity index (χ2v) is 5.87. The van der Waals surface area contributed by atoms with Crippen molar-refractivity contribution in [1.29, 1.82) is 0 Å². The van der Waals surface area contributed by atoms with Gasteiger partial charge >= 0.3 is 5.97 Å². The van der Waals surface area contributed by atoms with E-state index in [1.54, 1.807) is 26.8 Å². The van der Waals surface area contributed by atoms with Gasteiger partial charge in [-0.3, -0.25) is 4.79 Å². The lowest BCUT2D eigenvalue weighted by molar-refractivity contribution is -0.134. The Bertz CT molecular complexity index is 525. The summed E-state index contributed by atoms with van der Waals surface area (Å²) in [6, 6.07) is 0. The van der Waals surface area contributed by atoms with Crippen LogP contribution >= 0.6 is 0 Å². The average Bonchev–Trinajstić information content (AvgIpc) is 2.40. The first-order valence-electron chi connectivity index (χ1n) is 6.69. The molecule has 0 radical (unpaired) electrons. The minimum atomic E-state index is -1.44. The molecule has 0 aromatic rings. The molecule has 5 nitrogen and oxygen atoms in total. The highest BCUT2D eigenvalue weighted by molar-refractivity contribution is 5.93. The molecule has 0 saturated carbocycles. The molecular weight excluding hydrogens is 272 g/mol. The first-order chi connectivity index (χ1) is 9.66. The van der Waals surface area contributed by atoms with Gasteiger partial charge in [-0.25, -0.2) is 4.79 Å². The second kappa shape index (κ2) is 6.37. The number of hydrogen-bond donors (Lipinski definition) is 2. The van der Waals surface area contributed by atoms with Crippen LogP contribution in [0.4, 0.5) is 0 Å². The van der Waals surface area contributed by atoms with E-state index < -0.39 is 23.6 Å². The van der Waals surface area contributed by atoms with E-state index in [1.165, 1.54) is 25.3 Å². The normalized spacial score (nSPS) is 25.9. The lowest BCUT2D eigenvalue weighted by atomic mass is 9.64. The zero-order valence-electron chi connectivity index (χ0n) is 12.8. The molecule has 0 aromatic heterocycles. The summed E-state index contributed by atoms with van der Waals surface area (Å²) in [6.45, 7) is 4.81. The summed E-state index contributed by atoms with van der Waals surface area (Å²) in [7, 11) is 1.28. The van der Waals surface area contributed by atoms with Crippen LogP contribution < -0.4 is 0 Å². The van der Waals surface area contributed by atoms with Crippen LogP contribution in [-0.4, -0.2) is 41.3 Å². The lowest BCUT2D eigenvalue weighted by Gasteiger charge is -2.44. The molecule has 0 unspecified atom stereocenters. The van der Waals surface area contributed by atoms with Crippen molar-refractivity contribution in [3.05, 3.63) is 35.5 Å². The molecule has 1 aliphatic carbocycles. The van der Waals surface area contributed by atoms with Crippen molar-refractivity contribution >= 4 is 11.8 Å². The zero-order valence-corrected chi connectivity index (χ0v) is 12.8. The highest BCUT2D eigenvalue weighted by atomic mass is 16.5. The average molecular weight is 294 g/mol. The van der Waals surface area contributed by atoms with Crippen molar-refractivity contribution < 1.29 is 24.5 Å². The summed E-state index contributed by atoms with van der Waals surface area (Å²) in [6.07, 6.45) is 5.85. The Morgan fingerprint density at radius 1 is 1.48 bits per heavy atom. The number of esters is 1. The van der Waals surface area contributed by atoms with Gasteiger partial charge in [0.2, 0.25) is 0 Å². The van der Waals surface area contributed by atoms with Crippen LogP contribution in [-0.2, 0) is 14.3 Å².